The van der Waals surface area contributed by atoms with E-state index in [0.29, 0.717) is 27.5 Å². The first kappa shape index (κ1) is 16.9. The molecule has 3 aromatic rings. The number of rotatable bonds is 5. The Labute approximate surface area is 151 Å². The molecule has 0 atom stereocenters. The number of hydrogen-bond acceptors (Lipinski definition) is 3. The normalized spacial score (nSPS) is 12.2. The molecule has 1 aromatic carbocycles. The van der Waals surface area contributed by atoms with E-state index < -0.39 is 0 Å². The lowest BCUT2D eigenvalue weighted by atomic mass is 10.1. The summed E-state index contributed by atoms with van der Waals surface area (Å²) >= 11 is 6.32. The number of furan rings is 1. The lowest BCUT2D eigenvalue weighted by molar-refractivity contribution is 0.579. The van der Waals surface area contributed by atoms with Crippen molar-refractivity contribution in [3.8, 4) is 0 Å². The van der Waals surface area contributed by atoms with Gasteiger partial charge >= 0.3 is 0 Å². The first-order valence-corrected chi connectivity index (χ1v) is 8.12. The summed E-state index contributed by atoms with van der Waals surface area (Å²) in [4.78, 5) is 9.17. The molecule has 0 aliphatic carbocycles. The Morgan fingerprint density at radius 2 is 1.96 bits per heavy atom. The fourth-order valence-electron chi connectivity index (χ4n) is 2.71. The second-order valence-corrected chi connectivity index (χ2v) is 5.76. The van der Waals surface area contributed by atoms with Crippen LogP contribution in [0.2, 0.25) is 5.15 Å². The van der Waals surface area contributed by atoms with E-state index in [-0.39, 0.29) is 0 Å². The molecule has 0 fully saturated rings. The summed E-state index contributed by atoms with van der Waals surface area (Å²) in [6.07, 6.45) is 10.7. The summed E-state index contributed by atoms with van der Waals surface area (Å²) in [5.41, 5.74) is 4.33. The number of benzene rings is 1. The zero-order valence-electron chi connectivity index (χ0n) is 13.9. The molecule has 3 rings (SSSR count). The maximum absolute atomic E-state index is 6.32. The van der Waals surface area contributed by atoms with Crippen molar-refractivity contribution in [2.45, 2.75) is 6.92 Å². The summed E-state index contributed by atoms with van der Waals surface area (Å²) < 4.78 is 5.98. The van der Waals surface area contributed by atoms with E-state index in [1.807, 2.05) is 31.2 Å². The Morgan fingerprint density at radius 1 is 1.16 bits per heavy atom. The fourth-order valence-corrected chi connectivity index (χ4v) is 2.96. The van der Waals surface area contributed by atoms with Crippen molar-refractivity contribution >= 4 is 45.3 Å². The van der Waals surface area contributed by atoms with E-state index in [4.69, 9.17) is 21.0 Å². The number of hydrogen-bond donors (Lipinski definition) is 0. The van der Waals surface area contributed by atoms with E-state index in [0.717, 1.165) is 22.3 Å². The molecule has 0 spiro atoms. The monoisotopic (exact) mass is 348 g/mol. The van der Waals surface area contributed by atoms with Gasteiger partial charge in [0.1, 0.15) is 17.0 Å². The van der Waals surface area contributed by atoms with Crippen LogP contribution in [0.1, 0.15) is 17.0 Å². The molecule has 0 aliphatic heterocycles. The highest BCUT2D eigenvalue weighted by Crippen LogP contribution is 2.33. The molecule has 124 valence electrons. The van der Waals surface area contributed by atoms with Gasteiger partial charge < -0.3 is 4.42 Å². The van der Waals surface area contributed by atoms with Gasteiger partial charge in [0, 0.05) is 16.5 Å². The van der Waals surface area contributed by atoms with Crippen molar-refractivity contribution in [1.82, 2.24) is 9.97 Å². The Bertz CT molecular complexity index is 1070. The number of aryl methyl sites for hydroxylation is 1. The Kier molecular flexibility index (Phi) is 4.68. The van der Waals surface area contributed by atoms with E-state index in [1.165, 1.54) is 0 Å². The van der Waals surface area contributed by atoms with Crippen LogP contribution in [-0.4, -0.2) is 9.97 Å². The lowest BCUT2D eigenvalue weighted by Crippen LogP contribution is -1.94. The van der Waals surface area contributed by atoms with E-state index >= 15 is 0 Å². The number of aromatic nitrogens is 2. The molecule has 0 N–H and O–H groups in total. The molecular formula is C21H17ClN2O. The van der Waals surface area contributed by atoms with Gasteiger partial charge in [-0.2, -0.15) is 0 Å². The first-order chi connectivity index (χ1) is 12.1. The predicted molar refractivity (Wildman–Crippen MR) is 107 cm³/mol. The van der Waals surface area contributed by atoms with Gasteiger partial charge in [0.25, 0.3) is 0 Å². The van der Waals surface area contributed by atoms with Gasteiger partial charge in [-0.25, -0.2) is 9.97 Å². The minimum absolute atomic E-state index is 0.315. The van der Waals surface area contributed by atoms with Gasteiger partial charge in [0.2, 0.25) is 0 Å². The number of halogens is 1. The molecule has 3 nitrogen and oxygen atoms in total. The summed E-state index contributed by atoms with van der Waals surface area (Å²) in [7, 11) is 0. The average molecular weight is 349 g/mol. The van der Waals surface area contributed by atoms with Crippen molar-refractivity contribution < 1.29 is 4.42 Å². The van der Waals surface area contributed by atoms with Crippen LogP contribution in [0.5, 0.6) is 0 Å². The van der Waals surface area contributed by atoms with Crippen LogP contribution in [0.3, 0.4) is 0 Å². The number of fused-ring (bicyclic) bond motifs is 3. The predicted octanol–water partition coefficient (Wildman–Crippen LogP) is 6.29. The topological polar surface area (TPSA) is 38.9 Å². The Balaban J connectivity index is 2.37. The number of allylic oxidation sites excluding steroid dienone is 6. The molecule has 0 unspecified atom stereocenters. The molecule has 0 bridgehead atoms. The van der Waals surface area contributed by atoms with Gasteiger partial charge in [0.15, 0.2) is 10.7 Å². The minimum Gasteiger partial charge on any atom is -0.458 e. The smallest absolute Gasteiger partial charge is 0.162 e. The van der Waals surface area contributed by atoms with Crippen LogP contribution in [0.25, 0.3) is 33.7 Å². The van der Waals surface area contributed by atoms with Gasteiger partial charge in [-0.3, -0.25) is 0 Å². The minimum atomic E-state index is 0.315. The Hall–Kier alpha value is -2.91. The maximum Gasteiger partial charge on any atom is 0.162 e. The highest BCUT2D eigenvalue weighted by molar-refractivity contribution is 6.31. The molecule has 25 heavy (non-hydrogen) atoms. The second kappa shape index (κ2) is 6.91. The summed E-state index contributed by atoms with van der Waals surface area (Å²) in [5.74, 6) is 0.810. The van der Waals surface area contributed by atoms with Crippen LogP contribution >= 0.6 is 11.6 Å². The van der Waals surface area contributed by atoms with Crippen LogP contribution in [0.15, 0.2) is 66.7 Å². The van der Waals surface area contributed by atoms with Gasteiger partial charge in [-0.05, 0) is 19.1 Å². The van der Waals surface area contributed by atoms with Crippen molar-refractivity contribution in [3.05, 3.63) is 84.4 Å². The summed E-state index contributed by atoms with van der Waals surface area (Å²) in [6.45, 7) is 13.1. The van der Waals surface area contributed by atoms with Crippen molar-refractivity contribution in [3.63, 3.8) is 0 Å². The standard InChI is InChI=1S/C21H17ClN2O/c1-5-8-10-15-13(4)25-20-16(15)11-12-17-19(20)24-18(21(22)23-17)14(7-3)9-6-2/h5-12H,1-3H2,4H3/b10-8-,14-9+. The quantitative estimate of drug-likeness (QED) is 0.508. The van der Waals surface area contributed by atoms with Crippen LogP contribution in [0, 0.1) is 6.92 Å². The zero-order chi connectivity index (χ0) is 18.0. The van der Waals surface area contributed by atoms with Crippen molar-refractivity contribution in [2.24, 2.45) is 0 Å². The SMILES string of the molecule is C=C/C=C\c1c(C)oc2c1ccc1nc(Cl)c(/C(C=C)=C/C=C)nc12. The maximum atomic E-state index is 6.32. The third kappa shape index (κ3) is 2.94. The Morgan fingerprint density at radius 3 is 2.64 bits per heavy atom. The molecule has 2 heterocycles. The average Bonchev–Trinajstić information content (AvgIpc) is 2.93. The van der Waals surface area contributed by atoms with E-state index in [2.05, 4.69) is 24.7 Å². The molecule has 0 amide bonds. The molecule has 4 heteroatoms. The molecule has 0 saturated heterocycles. The van der Waals surface area contributed by atoms with E-state index in [1.54, 1.807) is 24.3 Å². The van der Waals surface area contributed by atoms with E-state index in [9.17, 15) is 0 Å². The van der Waals surface area contributed by atoms with Crippen LogP contribution < -0.4 is 0 Å². The number of nitrogens with zero attached hydrogens (tertiary/aromatic N) is 2. The highest BCUT2D eigenvalue weighted by atomic mass is 35.5. The molecule has 0 aliphatic rings. The summed E-state index contributed by atoms with van der Waals surface area (Å²) in [6, 6.07) is 3.86. The van der Waals surface area contributed by atoms with Gasteiger partial charge in [-0.15, -0.1) is 0 Å². The molecule has 0 radical (unpaired) electrons. The highest BCUT2D eigenvalue weighted by Gasteiger charge is 2.16. The molecule has 2 aromatic heterocycles. The third-order valence-electron chi connectivity index (χ3n) is 3.86. The zero-order valence-corrected chi connectivity index (χ0v) is 14.7. The second-order valence-electron chi connectivity index (χ2n) is 5.40. The molecule has 0 saturated carbocycles. The van der Waals surface area contributed by atoms with Crippen LogP contribution in [-0.2, 0) is 0 Å². The lowest BCUT2D eigenvalue weighted by Gasteiger charge is -2.06. The van der Waals surface area contributed by atoms with Crippen LogP contribution in [0.4, 0.5) is 0 Å². The largest absolute Gasteiger partial charge is 0.458 e. The van der Waals surface area contributed by atoms with Crippen molar-refractivity contribution in [1.29, 1.82) is 0 Å². The third-order valence-corrected chi connectivity index (χ3v) is 4.13. The fraction of sp³-hybridized carbons (Fsp3) is 0.0476. The summed E-state index contributed by atoms with van der Waals surface area (Å²) in [5, 5.41) is 1.29. The van der Waals surface area contributed by atoms with Gasteiger partial charge in [0.05, 0.1) is 5.52 Å². The van der Waals surface area contributed by atoms with Gasteiger partial charge in [-0.1, -0.05) is 67.8 Å². The van der Waals surface area contributed by atoms with Crippen molar-refractivity contribution in [2.75, 3.05) is 0 Å². The molecular weight excluding hydrogens is 332 g/mol. The first-order valence-electron chi connectivity index (χ1n) is 7.74.